The predicted molar refractivity (Wildman–Crippen MR) is 60.9 cm³/mol. The molecule has 3 nitrogen and oxygen atoms in total. The van der Waals surface area contributed by atoms with Crippen molar-refractivity contribution in [3.63, 3.8) is 0 Å². The van der Waals surface area contributed by atoms with E-state index in [-0.39, 0.29) is 5.78 Å². The molecule has 2 aliphatic rings. The smallest absolute Gasteiger partial charge is 0.210 e. The molecule has 0 aromatic heterocycles. The molecule has 1 aromatic carbocycles. The molecule has 1 spiro atoms. The van der Waals surface area contributed by atoms with Crippen LogP contribution in [0.2, 0.25) is 0 Å². The van der Waals surface area contributed by atoms with Gasteiger partial charge in [0.1, 0.15) is 5.75 Å². The summed E-state index contributed by atoms with van der Waals surface area (Å²) in [5.41, 5.74) is 0.197. The highest BCUT2D eigenvalue weighted by Crippen LogP contribution is 2.40. The molecular weight excluding hydrogens is 202 g/mol. The molecule has 0 saturated carbocycles. The Morgan fingerprint density at radius 1 is 1.25 bits per heavy atom. The molecule has 0 radical (unpaired) electrons. The standard InChI is InChI=1S/C13H15NO2/c1-14-8-6-13(7-9-14)12(15)10-4-2-3-5-11(10)16-13/h2-5H,6-9H2,1H3. The SMILES string of the molecule is CN1CCC2(CC1)Oc1ccccc1C2=O. The number of para-hydroxylation sites is 1. The highest BCUT2D eigenvalue weighted by atomic mass is 16.5. The third-order valence-electron chi connectivity index (χ3n) is 3.65. The summed E-state index contributed by atoms with van der Waals surface area (Å²) in [6.45, 7) is 1.86. The maximum Gasteiger partial charge on any atom is 0.210 e. The number of likely N-dealkylation sites (tertiary alicyclic amines) is 1. The molecule has 0 bridgehead atoms. The number of hydrogen-bond donors (Lipinski definition) is 0. The van der Waals surface area contributed by atoms with Crippen LogP contribution in [0.5, 0.6) is 5.75 Å². The summed E-state index contributed by atoms with van der Waals surface area (Å²) >= 11 is 0. The van der Waals surface area contributed by atoms with Crippen LogP contribution in [0.25, 0.3) is 0 Å². The van der Waals surface area contributed by atoms with Crippen molar-refractivity contribution in [3.8, 4) is 5.75 Å². The number of ether oxygens (including phenoxy) is 1. The molecule has 0 N–H and O–H groups in total. The Morgan fingerprint density at radius 2 is 1.94 bits per heavy atom. The summed E-state index contributed by atoms with van der Waals surface area (Å²) in [6, 6.07) is 7.57. The van der Waals surface area contributed by atoms with Gasteiger partial charge in [0.25, 0.3) is 0 Å². The average Bonchev–Trinajstić information content (AvgIpc) is 2.58. The highest BCUT2D eigenvalue weighted by Gasteiger charge is 2.48. The number of piperidine rings is 1. The zero-order valence-corrected chi connectivity index (χ0v) is 9.40. The summed E-state index contributed by atoms with van der Waals surface area (Å²) in [6.07, 6.45) is 1.61. The van der Waals surface area contributed by atoms with E-state index in [1.807, 2.05) is 24.3 Å². The van der Waals surface area contributed by atoms with E-state index in [0.29, 0.717) is 0 Å². The first-order valence-electron chi connectivity index (χ1n) is 5.73. The number of fused-ring (bicyclic) bond motifs is 1. The van der Waals surface area contributed by atoms with E-state index in [2.05, 4.69) is 11.9 Å². The molecule has 1 fully saturated rings. The minimum Gasteiger partial charge on any atom is -0.478 e. The molecule has 0 unspecified atom stereocenters. The molecule has 84 valence electrons. The lowest BCUT2D eigenvalue weighted by atomic mass is 9.86. The van der Waals surface area contributed by atoms with Gasteiger partial charge in [-0.3, -0.25) is 4.79 Å². The van der Waals surface area contributed by atoms with Crippen LogP contribution in [-0.2, 0) is 0 Å². The van der Waals surface area contributed by atoms with Crippen molar-refractivity contribution in [1.82, 2.24) is 4.90 Å². The average molecular weight is 217 g/mol. The van der Waals surface area contributed by atoms with Crippen molar-refractivity contribution in [1.29, 1.82) is 0 Å². The third kappa shape index (κ3) is 1.28. The normalized spacial score (nSPS) is 23.2. The number of nitrogens with zero attached hydrogens (tertiary/aromatic N) is 1. The van der Waals surface area contributed by atoms with Gasteiger partial charge in [-0.2, -0.15) is 0 Å². The van der Waals surface area contributed by atoms with E-state index in [0.717, 1.165) is 37.2 Å². The number of ketones is 1. The van der Waals surface area contributed by atoms with Gasteiger partial charge in [0.2, 0.25) is 5.78 Å². The monoisotopic (exact) mass is 217 g/mol. The van der Waals surface area contributed by atoms with Gasteiger partial charge in [-0.1, -0.05) is 12.1 Å². The Labute approximate surface area is 95.0 Å². The highest BCUT2D eigenvalue weighted by molar-refractivity contribution is 6.07. The molecular formula is C13H15NO2. The maximum atomic E-state index is 12.3. The van der Waals surface area contributed by atoms with Gasteiger partial charge < -0.3 is 9.64 Å². The Hall–Kier alpha value is -1.35. The summed E-state index contributed by atoms with van der Waals surface area (Å²) in [5, 5.41) is 0. The van der Waals surface area contributed by atoms with Crippen LogP contribution < -0.4 is 4.74 Å². The Kier molecular flexibility index (Phi) is 2.04. The van der Waals surface area contributed by atoms with Crippen LogP contribution in [0.3, 0.4) is 0 Å². The van der Waals surface area contributed by atoms with E-state index in [9.17, 15) is 4.79 Å². The van der Waals surface area contributed by atoms with Gasteiger partial charge >= 0.3 is 0 Å². The Balaban J connectivity index is 1.94. The second-order valence-corrected chi connectivity index (χ2v) is 4.72. The maximum absolute atomic E-state index is 12.3. The van der Waals surface area contributed by atoms with Crippen molar-refractivity contribution >= 4 is 5.78 Å². The van der Waals surface area contributed by atoms with Crippen LogP contribution >= 0.6 is 0 Å². The van der Waals surface area contributed by atoms with Gasteiger partial charge in [-0.05, 0) is 19.2 Å². The topological polar surface area (TPSA) is 29.5 Å². The molecule has 1 aromatic rings. The minimum atomic E-state index is -0.559. The fourth-order valence-corrected chi connectivity index (χ4v) is 2.55. The number of carbonyl (C=O) groups excluding carboxylic acids is 1. The molecule has 2 aliphatic heterocycles. The summed E-state index contributed by atoms with van der Waals surface area (Å²) in [5.74, 6) is 0.938. The lowest BCUT2D eigenvalue weighted by Gasteiger charge is -2.35. The fourth-order valence-electron chi connectivity index (χ4n) is 2.55. The van der Waals surface area contributed by atoms with Crippen LogP contribution in [0, 0.1) is 0 Å². The fraction of sp³-hybridized carbons (Fsp3) is 0.462. The number of hydrogen-bond acceptors (Lipinski definition) is 3. The van der Waals surface area contributed by atoms with Crippen molar-refractivity contribution in [2.75, 3.05) is 20.1 Å². The third-order valence-corrected chi connectivity index (χ3v) is 3.65. The molecule has 0 aliphatic carbocycles. The summed E-state index contributed by atoms with van der Waals surface area (Å²) < 4.78 is 5.92. The van der Waals surface area contributed by atoms with Gasteiger partial charge in [-0.15, -0.1) is 0 Å². The largest absolute Gasteiger partial charge is 0.478 e. The van der Waals surface area contributed by atoms with Crippen molar-refractivity contribution in [3.05, 3.63) is 29.8 Å². The van der Waals surface area contributed by atoms with E-state index >= 15 is 0 Å². The lowest BCUT2D eigenvalue weighted by Crippen LogP contribution is -2.49. The number of carbonyl (C=O) groups is 1. The number of Topliss-reactive ketones (excluding diaryl/α,β-unsaturated/α-hetero) is 1. The molecule has 3 rings (SSSR count). The van der Waals surface area contributed by atoms with Crippen LogP contribution in [0.1, 0.15) is 23.2 Å². The quantitative estimate of drug-likeness (QED) is 0.662. The predicted octanol–water partition coefficient (Wildman–Crippen LogP) is 1.73. The zero-order chi connectivity index (χ0) is 11.2. The Bertz CT molecular complexity index is 433. The van der Waals surface area contributed by atoms with E-state index in [1.54, 1.807) is 0 Å². The molecule has 3 heteroatoms. The van der Waals surface area contributed by atoms with Crippen LogP contribution in [0.4, 0.5) is 0 Å². The summed E-state index contributed by atoms with van der Waals surface area (Å²) in [7, 11) is 2.08. The molecule has 0 amide bonds. The van der Waals surface area contributed by atoms with Gasteiger partial charge in [0, 0.05) is 25.9 Å². The van der Waals surface area contributed by atoms with Crippen molar-refractivity contribution < 1.29 is 9.53 Å². The second kappa shape index (κ2) is 3.32. The van der Waals surface area contributed by atoms with Gasteiger partial charge in [-0.25, -0.2) is 0 Å². The molecule has 1 saturated heterocycles. The Morgan fingerprint density at radius 3 is 2.62 bits per heavy atom. The molecule has 2 heterocycles. The van der Waals surface area contributed by atoms with E-state index < -0.39 is 5.60 Å². The molecule has 16 heavy (non-hydrogen) atoms. The number of benzene rings is 1. The first-order chi connectivity index (χ1) is 7.71. The van der Waals surface area contributed by atoms with E-state index in [4.69, 9.17) is 4.74 Å². The van der Waals surface area contributed by atoms with Gasteiger partial charge in [0.05, 0.1) is 5.56 Å². The van der Waals surface area contributed by atoms with E-state index in [1.165, 1.54) is 0 Å². The summed E-state index contributed by atoms with van der Waals surface area (Å²) in [4.78, 5) is 14.6. The minimum absolute atomic E-state index is 0.177. The second-order valence-electron chi connectivity index (χ2n) is 4.72. The van der Waals surface area contributed by atoms with Crippen molar-refractivity contribution in [2.45, 2.75) is 18.4 Å². The van der Waals surface area contributed by atoms with Crippen LogP contribution in [0.15, 0.2) is 24.3 Å². The first kappa shape index (κ1) is 9.85. The van der Waals surface area contributed by atoms with Gasteiger partial charge in [0.15, 0.2) is 5.60 Å². The van der Waals surface area contributed by atoms with Crippen molar-refractivity contribution in [2.24, 2.45) is 0 Å². The van der Waals surface area contributed by atoms with Crippen LogP contribution in [-0.4, -0.2) is 36.4 Å². The zero-order valence-electron chi connectivity index (χ0n) is 9.40. The molecule has 0 atom stereocenters. The lowest BCUT2D eigenvalue weighted by molar-refractivity contribution is 0.0253. The number of rotatable bonds is 0. The first-order valence-corrected chi connectivity index (χ1v) is 5.73.